The average molecular weight is 432 g/mol. The molecule has 2 saturated heterocycles. The predicted molar refractivity (Wildman–Crippen MR) is 121 cm³/mol. The van der Waals surface area contributed by atoms with Gasteiger partial charge >= 0.3 is 0 Å². The number of nitrogens with two attached hydrogens (primary N) is 1. The maximum atomic E-state index is 11.3. The first-order chi connectivity index (χ1) is 14.7. The standard InChI is InChI=1S/C27H45NO3/c1-15-5-10-27(30-14-15)16(2)24-23(31-27)13-20-18-12-22(29)21-11-17(28)6-8-25(21,3)19(18)7-9-26(20,24)4/h15-24,29H,5-14,28H2,1-4H3/t15?,16-,17-,18+,19-,20-,21+,22-,23-,24-,25+,26-,27+/m0/s1. The van der Waals surface area contributed by atoms with E-state index >= 15 is 0 Å². The molecule has 2 aliphatic heterocycles. The number of aliphatic hydroxyl groups is 1. The highest BCUT2D eigenvalue weighted by molar-refractivity contribution is 5.16. The Morgan fingerprint density at radius 1 is 0.871 bits per heavy atom. The molecule has 0 amide bonds. The molecule has 176 valence electrons. The van der Waals surface area contributed by atoms with Crippen molar-refractivity contribution in [1.29, 1.82) is 0 Å². The van der Waals surface area contributed by atoms with Crippen LogP contribution in [0.15, 0.2) is 0 Å². The van der Waals surface area contributed by atoms with Crippen LogP contribution in [0.4, 0.5) is 0 Å². The highest BCUT2D eigenvalue weighted by atomic mass is 16.7. The van der Waals surface area contributed by atoms with E-state index in [1.807, 2.05) is 0 Å². The summed E-state index contributed by atoms with van der Waals surface area (Å²) in [5.74, 6) is 3.90. The van der Waals surface area contributed by atoms with Crippen molar-refractivity contribution in [3.8, 4) is 0 Å². The number of hydrogen-bond donors (Lipinski definition) is 2. The lowest BCUT2D eigenvalue weighted by molar-refractivity contribution is -0.273. The summed E-state index contributed by atoms with van der Waals surface area (Å²) in [6.45, 7) is 10.7. The molecule has 4 heteroatoms. The van der Waals surface area contributed by atoms with Crippen molar-refractivity contribution >= 4 is 0 Å². The Balaban J connectivity index is 1.28. The van der Waals surface area contributed by atoms with Gasteiger partial charge in [-0.05, 0) is 97.7 Å². The largest absolute Gasteiger partial charge is 0.393 e. The van der Waals surface area contributed by atoms with Crippen LogP contribution in [0.3, 0.4) is 0 Å². The summed E-state index contributed by atoms with van der Waals surface area (Å²) in [7, 11) is 0. The normalized spacial score (nSPS) is 63.3. The molecule has 13 atom stereocenters. The van der Waals surface area contributed by atoms with E-state index in [1.165, 1.54) is 32.1 Å². The first kappa shape index (κ1) is 21.4. The molecular weight excluding hydrogens is 386 g/mol. The van der Waals surface area contributed by atoms with Gasteiger partial charge in [0, 0.05) is 18.4 Å². The third-order valence-electron chi connectivity index (χ3n) is 12.0. The Kier molecular flexibility index (Phi) is 4.78. The summed E-state index contributed by atoms with van der Waals surface area (Å²) in [4.78, 5) is 0. The third-order valence-corrected chi connectivity index (χ3v) is 12.0. The van der Waals surface area contributed by atoms with Crippen LogP contribution in [0.25, 0.3) is 0 Å². The second kappa shape index (κ2) is 6.93. The van der Waals surface area contributed by atoms with Crippen molar-refractivity contribution in [2.75, 3.05) is 6.61 Å². The van der Waals surface area contributed by atoms with Gasteiger partial charge in [-0.3, -0.25) is 0 Å². The molecule has 0 aromatic rings. The Morgan fingerprint density at radius 3 is 2.39 bits per heavy atom. The number of fused-ring (bicyclic) bond motifs is 7. The zero-order chi connectivity index (χ0) is 21.8. The fourth-order valence-electron chi connectivity index (χ4n) is 10.3. The first-order valence-electron chi connectivity index (χ1n) is 13.4. The lowest BCUT2D eigenvalue weighted by atomic mass is 9.43. The van der Waals surface area contributed by atoms with Gasteiger partial charge in [-0.2, -0.15) is 0 Å². The topological polar surface area (TPSA) is 64.7 Å². The van der Waals surface area contributed by atoms with Crippen LogP contribution in [-0.4, -0.2) is 35.8 Å². The predicted octanol–water partition coefficient (Wildman–Crippen LogP) is 4.73. The fraction of sp³-hybridized carbons (Fsp3) is 1.00. The first-order valence-corrected chi connectivity index (χ1v) is 13.4. The molecule has 0 aromatic heterocycles. The molecule has 31 heavy (non-hydrogen) atoms. The van der Waals surface area contributed by atoms with Crippen LogP contribution in [0.1, 0.15) is 85.5 Å². The van der Waals surface area contributed by atoms with Crippen LogP contribution in [0.2, 0.25) is 0 Å². The van der Waals surface area contributed by atoms with Crippen LogP contribution >= 0.6 is 0 Å². The van der Waals surface area contributed by atoms with E-state index in [9.17, 15) is 5.11 Å². The van der Waals surface area contributed by atoms with Crippen LogP contribution in [0, 0.1) is 52.3 Å². The highest BCUT2D eigenvalue weighted by Crippen LogP contribution is 2.71. The van der Waals surface area contributed by atoms with E-state index < -0.39 is 0 Å². The van der Waals surface area contributed by atoms with E-state index in [2.05, 4.69) is 27.7 Å². The van der Waals surface area contributed by atoms with Crippen molar-refractivity contribution < 1.29 is 14.6 Å². The second-order valence-electron chi connectivity index (χ2n) is 13.3. The summed E-state index contributed by atoms with van der Waals surface area (Å²) < 4.78 is 13.3. The molecule has 1 spiro atoms. The molecular formula is C27H45NO3. The van der Waals surface area contributed by atoms with Gasteiger partial charge in [-0.15, -0.1) is 0 Å². The van der Waals surface area contributed by atoms with Crippen molar-refractivity contribution in [1.82, 2.24) is 0 Å². The zero-order valence-corrected chi connectivity index (χ0v) is 20.2. The second-order valence-corrected chi connectivity index (χ2v) is 13.3. The molecule has 1 unspecified atom stereocenters. The third kappa shape index (κ3) is 2.80. The van der Waals surface area contributed by atoms with Crippen LogP contribution < -0.4 is 5.73 Å². The quantitative estimate of drug-likeness (QED) is 0.582. The van der Waals surface area contributed by atoms with Gasteiger partial charge in [-0.25, -0.2) is 0 Å². The number of rotatable bonds is 0. The SMILES string of the molecule is CC1CC[C@@]2(OC1)O[C@H]1C[C@H]3[C@@H]4C[C@H](O)[C@H]5C[C@@H](N)CC[C@]5(C)[C@H]4CC[C@]3(C)[C@H]1[C@@H]2C. The van der Waals surface area contributed by atoms with Gasteiger partial charge in [0.15, 0.2) is 5.79 Å². The van der Waals surface area contributed by atoms with E-state index in [0.29, 0.717) is 47.0 Å². The van der Waals surface area contributed by atoms with Crippen LogP contribution in [0.5, 0.6) is 0 Å². The highest BCUT2D eigenvalue weighted by Gasteiger charge is 2.69. The minimum absolute atomic E-state index is 0.173. The van der Waals surface area contributed by atoms with Crippen molar-refractivity contribution in [3.05, 3.63) is 0 Å². The lowest BCUT2D eigenvalue weighted by Crippen LogP contribution is -2.59. The summed E-state index contributed by atoms with van der Waals surface area (Å²) in [6, 6.07) is 0.285. The van der Waals surface area contributed by atoms with Gasteiger partial charge in [-0.1, -0.05) is 27.7 Å². The molecule has 6 fully saturated rings. The van der Waals surface area contributed by atoms with E-state index in [1.54, 1.807) is 0 Å². The summed E-state index contributed by atoms with van der Waals surface area (Å²) in [5, 5.41) is 11.3. The fourth-order valence-corrected chi connectivity index (χ4v) is 10.3. The summed E-state index contributed by atoms with van der Waals surface area (Å²) >= 11 is 0. The number of ether oxygens (including phenoxy) is 2. The van der Waals surface area contributed by atoms with Crippen molar-refractivity contribution in [2.45, 2.75) is 110 Å². The Bertz CT molecular complexity index is 719. The zero-order valence-electron chi connectivity index (χ0n) is 20.2. The van der Waals surface area contributed by atoms with E-state index in [-0.39, 0.29) is 23.3 Å². The van der Waals surface area contributed by atoms with Gasteiger partial charge in [0.05, 0.1) is 18.8 Å². The van der Waals surface area contributed by atoms with Gasteiger partial charge in [0.25, 0.3) is 0 Å². The lowest BCUT2D eigenvalue weighted by Gasteiger charge is -2.62. The van der Waals surface area contributed by atoms with Gasteiger partial charge < -0.3 is 20.3 Å². The molecule has 4 nitrogen and oxygen atoms in total. The average Bonchev–Trinajstić information content (AvgIpc) is 3.17. The van der Waals surface area contributed by atoms with E-state index in [4.69, 9.17) is 15.2 Å². The molecule has 4 saturated carbocycles. The molecule has 0 bridgehead atoms. The number of hydrogen-bond acceptors (Lipinski definition) is 4. The van der Waals surface area contributed by atoms with Crippen molar-refractivity contribution in [2.24, 2.45) is 58.0 Å². The Labute approximate surface area is 189 Å². The summed E-state index contributed by atoms with van der Waals surface area (Å²) in [5.41, 5.74) is 6.95. The van der Waals surface area contributed by atoms with Gasteiger partial charge in [0.1, 0.15) is 0 Å². The molecule has 6 rings (SSSR count). The Hall–Kier alpha value is -0.160. The Morgan fingerprint density at radius 2 is 1.65 bits per heavy atom. The van der Waals surface area contributed by atoms with Gasteiger partial charge in [0.2, 0.25) is 0 Å². The molecule has 6 aliphatic rings. The molecule has 4 aliphatic carbocycles. The van der Waals surface area contributed by atoms with Crippen molar-refractivity contribution in [3.63, 3.8) is 0 Å². The molecule has 0 aromatic carbocycles. The minimum Gasteiger partial charge on any atom is -0.393 e. The smallest absolute Gasteiger partial charge is 0.171 e. The monoisotopic (exact) mass is 431 g/mol. The molecule has 2 heterocycles. The molecule has 3 N–H and O–H groups in total. The molecule has 0 radical (unpaired) electrons. The van der Waals surface area contributed by atoms with E-state index in [0.717, 1.165) is 38.2 Å². The minimum atomic E-state index is -0.324. The van der Waals surface area contributed by atoms with Crippen LogP contribution in [-0.2, 0) is 9.47 Å². The maximum absolute atomic E-state index is 11.3. The summed E-state index contributed by atoms with van der Waals surface area (Å²) in [6.07, 6.45) is 10.6. The maximum Gasteiger partial charge on any atom is 0.171 e. The number of aliphatic hydroxyl groups excluding tert-OH is 1.